The molecule has 9 nitrogen and oxygen atoms in total. The van der Waals surface area contributed by atoms with Crippen molar-refractivity contribution in [3.63, 3.8) is 0 Å². The molecule has 0 bridgehead atoms. The minimum atomic E-state index is -0.558. The first-order valence-electron chi connectivity index (χ1n) is 11.7. The molecule has 1 aliphatic heterocycles. The fraction of sp³-hybridized carbons (Fsp3) is 0.259. The number of rotatable bonds is 6. The Labute approximate surface area is 219 Å². The van der Waals surface area contributed by atoms with Crippen molar-refractivity contribution in [1.82, 2.24) is 4.57 Å². The van der Waals surface area contributed by atoms with Gasteiger partial charge in [-0.15, -0.1) is 0 Å². The average Bonchev–Trinajstić information content (AvgIpc) is 3.17. The zero-order chi connectivity index (χ0) is 26.7. The maximum absolute atomic E-state index is 12.8. The number of nitro groups is 1. The summed E-state index contributed by atoms with van der Waals surface area (Å²) < 4.78 is 7.24. The standard InChI is InChI=1S/C27H26ClN5O4/c1-17-4-5-22(14-24(17)28)30-27(34)21(16-29)13-20-12-18(2)32(19(20)3)23-6-7-25(26(15-23)33(35)36)31-8-10-37-11-9-31/h4-7,12-15H,8-11H2,1-3H3,(H,30,34). The normalized spacial score (nSPS) is 13.8. The van der Waals surface area contributed by atoms with Gasteiger partial charge in [-0.2, -0.15) is 5.26 Å². The van der Waals surface area contributed by atoms with Crippen LogP contribution >= 0.6 is 11.6 Å². The Morgan fingerprint density at radius 2 is 1.89 bits per heavy atom. The Hall–Kier alpha value is -4.13. The summed E-state index contributed by atoms with van der Waals surface area (Å²) in [4.78, 5) is 26.3. The molecular weight excluding hydrogens is 494 g/mol. The molecular formula is C27H26ClN5O4. The molecule has 1 aromatic heterocycles. The van der Waals surface area contributed by atoms with Crippen LogP contribution in [0, 0.1) is 42.2 Å². The summed E-state index contributed by atoms with van der Waals surface area (Å²) in [6.07, 6.45) is 1.51. The molecule has 2 aromatic carbocycles. The van der Waals surface area contributed by atoms with Crippen molar-refractivity contribution in [3.8, 4) is 11.8 Å². The molecule has 190 valence electrons. The van der Waals surface area contributed by atoms with E-state index in [9.17, 15) is 20.2 Å². The molecule has 4 rings (SSSR count). The predicted molar refractivity (Wildman–Crippen MR) is 143 cm³/mol. The number of carbonyl (C=O) groups excluding carboxylic acids is 1. The number of nitrogens with one attached hydrogen (secondary N) is 1. The lowest BCUT2D eigenvalue weighted by Gasteiger charge is -2.28. The van der Waals surface area contributed by atoms with Crippen LogP contribution in [0.25, 0.3) is 11.8 Å². The van der Waals surface area contributed by atoms with Gasteiger partial charge in [-0.25, -0.2) is 0 Å². The number of hydrogen-bond donors (Lipinski definition) is 1. The molecule has 0 spiro atoms. The number of amides is 1. The van der Waals surface area contributed by atoms with Crippen molar-refractivity contribution in [2.24, 2.45) is 0 Å². The van der Waals surface area contributed by atoms with Crippen molar-refractivity contribution in [1.29, 1.82) is 5.26 Å². The van der Waals surface area contributed by atoms with Gasteiger partial charge in [0.2, 0.25) is 0 Å². The first kappa shape index (κ1) is 25.9. The van der Waals surface area contributed by atoms with Crippen LogP contribution in [0.3, 0.4) is 0 Å². The van der Waals surface area contributed by atoms with Gasteiger partial charge < -0.3 is 19.5 Å². The maximum atomic E-state index is 12.8. The van der Waals surface area contributed by atoms with Gasteiger partial charge in [0.1, 0.15) is 17.3 Å². The molecule has 1 amide bonds. The summed E-state index contributed by atoms with van der Waals surface area (Å²) >= 11 is 6.14. The Bertz CT molecular complexity index is 1450. The number of benzene rings is 2. The Kier molecular flexibility index (Phi) is 7.62. The Morgan fingerprint density at radius 1 is 1.16 bits per heavy atom. The third-order valence-corrected chi connectivity index (χ3v) is 6.74. The first-order chi connectivity index (χ1) is 17.7. The number of ether oxygens (including phenoxy) is 1. The highest BCUT2D eigenvalue weighted by Gasteiger charge is 2.23. The molecule has 3 aromatic rings. The molecule has 1 saturated heterocycles. The number of nitrogens with zero attached hydrogens (tertiary/aromatic N) is 4. The van der Waals surface area contributed by atoms with Gasteiger partial charge in [0.15, 0.2) is 0 Å². The van der Waals surface area contributed by atoms with Crippen molar-refractivity contribution in [2.75, 3.05) is 36.5 Å². The lowest BCUT2D eigenvalue weighted by molar-refractivity contribution is -0.384. The van der Waals surface area contributed by atoms with E-state index in [-0.39, 0.29) is 16.2 Å². The van der Waals surface area contributed by atoms with Gasteiger partial charge in [-0.05, 0) is 68.3 Å². The summed E-state index contributed by atoms with van der Waals surface area (Å²) in [6.45, 7) is 7.79. The van der Waals surface area contributed by atoms with E-state index in [1.54, 1.807) is 30.3 Å². The highest BCUT2D eigenvalue weighted by molar-refractivity contribution is 6.31. The molecule has 0 atom stereocenters. The van der Waals surface area contributed by atoms with Gasteiger partial charge in [-0.3, -0.25) is 14.9 Å². The van der Waals surface area contributed by atoms with Gasteiger partial charge >= 0.3 is 0 Å². The van der Waals surface area contributed by atoms with E-state index in [2.05, 4.69) is 5.32 Å². The second kappa shape index (κ2) is 10.9. The smallest absolute Gasteiger partial charge is 0.294 e. The van der Waals surface area contributed by atoms with E-state index in [1.165, 1.54) is 6.08 Å². The van der Waals surface area contributed by atoms with Crippen LogP contribution in [-0.2, 0) is 9.53 Å². The molecule has 10 heteroatoms. The zero-order valence-electron chi connectivity index (χ0n) is 20.7. The minimum Gasteiger partial charge on any atom is -0.378 e. The lowest BCUT2D eigenvalue weighted by Crippen LogP contribution is -2.36. The van der Waals surface area contributed by atoms with Crippen LogP contribution in [0.5, 0.6) is 0 Å². The van der Waals surface area contributed by atoms with Gasteiger partial charge in [-0.1, -0.05) is 17.7 Å². The van der Waals surface area contributed by atoms with Gasteiger partial charge in [0.25, 0.3) is 11.6 Å². The number of morpholine rings is 1. The summed E-state index contributed by atoms with van der Waals surface area (Å²) in [5.74, 6) is -0.558. The molecule has 1 aliphatic rings. The van der Waals surface area contributed by atoms with Crippen LogP contribution in [0.1, 0.15) is 22.5 Å². The van der Waals surface area contributed by atoms with E-state index < -0.39 is 5.91 Å². The number of carbonyl (C=O) groups is 1. The number of halogens is 1. The second-order valence-corrected chi connectivity index (χ2v) is 9.19. The first-order valence-corrected chi connectivity index (χ1v) is 12.1. The topological polar surface area (TPSA) is 113 Å². The third-order valence-electron chi connectivity index (χ3n) is 6.33. The Morgan fingerprint density at radius 3 is 2.54 bits per heavy atom. The molecule has 2 heterocycles. The lowest BCUT2D eigenvalue weighted by atomic mass is 10.1. The predicted octanol–water partition coefficient (Wildman–Crippen LogP) is 5.35. The molecule has 0 unspecified atom stereocenters. The van der Waals surface area contributed by atoms with E-state index in [0.717, 1.165) is 17.0 Å². The Balaban J connectivity index is 1.66. The molecule has 37 heavy (non-hydrogen) atoms. The molecule has 1 N–H and O–H groups in total. The zero-order valence-corrected chi connectivity index (χ0v) is 21.5. The largest absolute Gasteiger partial charge is 0.378 e. The number of aromatic nitrogens is 1. The number of hydrogen-bond acceptors (Lipinski definition) is 6. The minimum absolute atomic E-state index is 0.0119. The monoisotopic (exact) mass is 519 g/mol. The van der Waals surface area contributed by atoms with Crippen LogP contribution in [-0.4, -0.2) is 41.7 Å². The highest BCUT2D eigenvalue weighted by Crippen LogP contribution is 2.33. The summed E-state index contributed by atoms with van der Waals surface area (Å²) in [7, 11) is 0. The van der Waals surface area contributed by atoms with E-state index in [4.69, 9.17) is 16.3 Å². The SMILES string of the molecule is Cc1ccc(NC(=O)C(C#N)=Cc2cc(C)n(-c3ccc(N4CCOCC4)c([N+](=O)[O-])c3)c2C)cc1Cl. The summed E-state index contributed by atoms with van der Waals surface area (Å²) in [5, 5.41) is 24.8. The molecule has 1 fully saturated rings. The number of nitriles is 1. The van der Waals surface area contributed by atoms with E-state index in [1.807, 2.05) is 48.4 Å². The van der Waals surface area contributed by atoms with Gasteiger partial charge in [0.05, 0.1) is 23.8 Å². The second-order valence-electron chi connectivity index (χ2n) is 8.78. The highest BCUT2D eigenvalue weighted by atomic mass is 35.5. The average molecular weight is 520 g/mol. The van der Waals surface area contributed by atoms with Crippen molar-refractivity contribution >= 4 is 40.6 Å². The third kappa shape index (κ3) is 5.50. The quantitative estimate of drug-likeness (QED) is 0.203. The summed E-state index contributed by atoms with van der Waals surface area (Å²) in [5.41, 5.74) is 4.68. The van der Waals surface area contributed by atoms with E-state index in [0.29, 0.717) is 54.0 Å². The molecule has 0 aliphatic carbocycles. The van der Waals surface area contributed by atoms with Crippen LogP contribution in [0.15, 0.2) is 48.0 Å². The van der Waals surface area contributed by atoms with Crippen molar-refractivity contribution in [3.05, 3.63) is 85.7 Å². The van der Waals surface area contributed by atoms with Crippen molar-refractivity contribution < 1.29 is 14.5 Å². The van der Waals surface area contributed by atoms with Gasteiger partial charge in [0, 0.05) is 41.3 Å². The van der Waals surface area contributed by atoms with Crippen LogP contribution < -0.4 is 10.2 Å². The molecule has 0 radical (unpaired) electrons. The van der Waals surface area contributed by atoms with Crippen molar-refractivity contribution in [2.45, 2.75) is 20.8 Å². The summed E-state index contributed by atoms with van der Waals surface area (Å²) in [6, 6.07) is 14.1. The van der Waals surface area contributed by atoms with E-state index >= 15 is 0 Å². The molecule has 0 saturated carbocycles. The fourth-order valence-corrected chi connectivity index (χ4v) is 4.55. The van der Waals surface area contributed by atoms with Crippen LogP contribution in [0.4, 0.5) is 17.1 Å². The number of anilines is 2. The maximum Gasteiger partial charge on any atom is 0.294 e. The van der Waals surface area contributed by atoms with Crippen LogP contribution in [0.2, 0.25) is 5.02 Å². The number of aryl methyl sites for hydroxylation is 2. The fourth-order valence-electron chi connectivity index (χ4n) is 4.37. The number of nitro benzene ring substituents is 1.